The van der Waals surface area contributed by atoms with Crippen molar-refractivity contribution in [2.45, 2.75) is 13.3 Å². The molecule has 1 amide bonds. The summed E-state index contributed by atoms with van der Waals surface area (Å²) >= 11 is 5.87. The van der Waals surface area contributed by atoms with Crippen LogP contribution in [0.1, 0.15) is 18.9 Å². The zero-order valence-corrected chi connectivity index (χ0v) is 11.4. The molecule has 0 saturated heterocycles. The molecule has 102 valence electrons. The van der Waals surface area contributed by atoms with E-state index < -0.39 is 0 Å². The first-order valence-electron chi connectivity index (χ1n) is 6.06. The highest BCUT2D eigenvalue weighted by molar-refractivity contribution is 6.31. The minimum Gasteiger partial charge on any atom is -0.482 e. The number of carbonyl (C=O) groups is 1. The van der Waals surface area contributed by atoms with Gasteiger partial charge in [0.15, 0.2) is 6.61 Å². The molecule has 0 aromatic heterocycles. The molecule has 1 aromatic carbocycles. The van der Waals surface area contributed by atoms with Crippen LogP contribution in [0.3, 0.4) is 0 Å². The molecular formula is C13H15ClN2O3. The standard InChI is InChI=1S/C13H15ClN2O3/c1-2-5-19-16-11(7-14)9-3-4-10-12(6-9)18-8-13(17)15-10/h3-4,6H,2,5,7-8H2,1H3,(H,15,17)/b16-11+. The molecule has 0 saturated carbocycles. The molecule has 1 aliphatic heterocycles. The van der Waals surface area contributed by atoms with Gasteiger partial charge in [0.2, 0.25) is 0 Å². The second-order valence-corrected chi connectivity index (χ2v) is 4.32. The molecule has 1 heterocycles. The molecule has 0 aliphatic carbocycles. The summed E-state index contributed by atoms with van der Waals surface area (Å²) < 4.78 is 5.35. The molecule has 1 aromatic rings. The summed E-state index contributed by atoms with van der Waals surface area (Å²) in [6.07, 6.45) is 0.887. The van der Waals surface area contributed by atoms with Crippen LogP contribution in [0.5, 0.6) is 5.75 Å². The van der Waals surface area contributed by atoms with E-state index in [0.29, 0.717) is 23.8 Å². The number of oxime groups is 1. The number of carbonyl (C=O) groups excluding carboxylic acids is 1. The Kier molecular flexibility index (Phi) is 4.63. The molecule has 0 atom stereocenters. The lowest BCUT2D eigenvalue weighted by Crippen LogP contribution is -2.25. The van der Waals surface area contributed by atoms with Gasteiger partial charge in [0.05, 0.1) is 11.6 Å². The number of hydrogen-bond donors (Lipinski definition) is 1. The second kappa shape index (κ2) is 6.43. The maximum Gasteiger partial charge on any atom is 0.262 e. The van der Waals surface area contributed by atoms with Crippen LogP contribution in [-0.4, -0.2) is 30.7 Å². The van der Waals surface area contributed by atoms with E-state index in [-0.39, 0.29) is 18.4 Å². The molecule has 0 unspecified atom stereocenters. The lowest BCUT2D eigenvalue weighted by molar-refractivity contribution is -0.118. The van der Waals surface area contributed by atoms with E-state index in [1.54, 1.807) is 12.1 Å². The first-order valence-corrected chi connectivity index (χ1v) is 6.60. The first-order chi connectivity index (χ1) is 9.24. The Morgan fingerprint density at radius 2 is 2.42 bits per heavy atom. The molecule has 1 N–H and O–H groups in total. The predicted molar refractivity (Wildman–Crippen MR) is 74.1 cm³/mol. The van der Waals surface area contributed by atoms with Crippen molar-refractivity contribution in [3.05, 3.63) is 23.8 Å². The average Bonchev–Trinajstić information content (AvgIpc) is 2.43. The van der Waals surface area contributed by atoms with Gasteiger partial charge in [-0.1, -0.05) is 18.1 Å². The normalized spacial score (nSPS) is 14.4. The number of ether oxygens (including phenoxy) is 1. The van der Waals surface area contributed by atoms with Gasteiger partial charge in [0, 0.05) is 5.56 Å². The van der Waals surface area contributed by atoms with Gasteiger partial charge >= 0.3 is 0 Å². The molecule has 2 rings (SSSR count). The number of nitrogens with zero attached hydrogens (tertiary/aromatic N) is 1. The van der Waals surface area contributed by atoms with Gasteiger partial charge < -0.3 is 14.9 Å². The van der Waals surface area contributed by atoms with Gasteiger partial charge in [-0.3, -0.25) is 4.79 Å². The monoisotopic (exact) mass is 282 g/mol. The summed E-state index contributed by atoms with van der Waals surface area (Å²) in [6, 6.07) is 5.39. The molecule has 5 nitrogen and oxygen atoms in total. The lowest BCUT2D eigenvalue weighted by atomic mass is 10.1. The summed E-state index contributed by atoms with van der Waals surface area (Å²) in [4.78, 5) is 16.3. The van der Waals surface area contributed by atoms with E-state index in [2.05, 4.69) is 10.5 Å². The van der Waals surface area contributed by atoms with Crippen LogP contribution in [0, 0.1) is 0 Å². The van der Waals surface area contributed by atoms with Crippen molar-refractivity contribution >= 4 is 28.9 Å². The van der Waals surface area contributed by atoms with Gasteiger partial charge in [-0.05, 0) is 18.6 Å². The largest absolute Gasteiger partial charge is 0.482 e. The van der Waals surface area contributed by atoms with Crippen molar-refractivity contribution in [2.24, 2.45) is 5.16 Å². The third-order valence-electron chi connectivity index (χ3n) is 2.54. The fraction of sp³-hybridized carbons (Fsp3) is 0.385. The Hall–Kier alpha value is -1.75. The van der Waals surface area contributed by atoms with Crippen molar-refractivity contribution in [2.75, 3.05) is 24.4 Å². The van der Waals surface area contributed by atoms with Gasteiger partial charge in [0.1, 0.15) is 18.1 Å². The third kappa shape index (κ3) is 3.38. The maximum atomic E-state index is 11.2. The van der Waals surface area contributed by atoms with E-state index in [1.807, 2.05) is 13.0 Å². The number of anilines is 1. The van der Waals surface area contributed by atoms with Crippen molar-refractivity contribution in [3.8, 4) is 5.75 Å². The van der Waals surface area contributed by atoms with Crippen LogP contribution in [0.2, 0.25) is 0 Å². The number of hydrogen-bond acceptors (Lipinski definition) is 4. The summed E-state index contributed by atoms with van der Waals surface area (Å²) in [5, 5.41) is 6.74. The zero-order valence-electron chi connectivity index (χ0n) is 10.6. The Bertz CT molecular complexity index is 503. The van der Waals surface area contributed by atoms with Crippen molar-refractivity contribution < 1.29 is 14.4 Å². The molecule has 1 aliphatic rings. The number of halogens is 1. The quantitative estimate of drug-likeness (QED) is 0.390. The number of benzene rings is 1. The van der Waals surface area contributed by atoms with E-state index >= 15 is 0 Å². The highest BCUT2D eigenvalue weighted by Gasteiger charge is 2.17. The summed E-state index contributed by atoms with van der Waals surface area (Å²) in [5.41, 5.74) is 2.11. The van der Waals surface area contributed by atoms with Crippen LogP contribution in [0.4, 0.5) is 5.69 Å². The molecule has 0 bridgehead atoms. The molecule has 0 fully saturated rings. The Morgan fingerprint density at radius 1 is 1.58 bits per heavy atom. The fourth-order valence-corrected chi connectivity index (χ4v) is 1.83. The predicted octanol–water partition coefficient (Wildman–Crippen LogP) is 2.39. The second-order valence-electron chi connectivity index (χ2n) is 4.05. The van der Waals surface area contributed by atoms with E-state index in [4.69, 9.17) is 21.2 Å². The van der Waals surface area contributed by atoms with Crippen LogP contribution >= 0.6 is 11.6 Å². The Balaban J connectivity index is 2.20. The Labute approximate surface area is 116 Å². The minimum absolute atomic E-state index is 0.0239. The Morgan fingerprint density at radius 3 is 3.16 bits per heavy atom. The van der Waals surface area contributed by atoms with E-state index in [1.165, 1.54) is 0 Å². The summed E-state index contributed by atoms with van der Waals surface area (Å²) in [7, 11) is 0. The SMILES string of the molecule is CCCO/N=C(\CCl)c1ccc2c(c1)OCC(=O)N2. The zero-order chi connectivity index (χ0) is 13.7. The van der Waals surface area contributed by atoms with Gasteiger partial charge in [0.25, 0.3) is 5.91 Å². The highest BCUT2D eigenvalue weighted by Crippen LogP contribution is 2.28. The summed E-state index contributed by atoms with van der Waals surface area (Å²) in [6.45, 7) is 2.58. The van der Waals surface area contributed by atoms with Crippen molar-refractivity contribution in [1.82, 2.24) is 0 Å². The number of amides is 1. The van der Waals surface area contributed by atoms with Gasteiger partial charge in [-0.15, -0.1) is 11.6 Å². The van der Waals surface area contributed by atoms with Crippen molar-refractivity contribution in [1.29, 1.82) is 0 Å². The van der Waals surface area contributed by atoms with Gasteiger partial charge in [-0.2, -0.15) is 0 Å². The molecule has 19 heavy (non-hydrogen) atoms. The smallest absolute Gasteiger partial charge is 0.262 e. The maximum absolute atomic E-state index is 11.2. The molecule has 6 heteroatoms. The fourth-order valence-electron chi connectivity index (χ4n) is 1.62. The van der Waals surface area contributed by atoms with Crippen molar-refractivity contribution in [3.63, 3.8) is 0 Å². The van der Waals surface area contributed by atoms with Crippen LogP contribution in [-0.2, 0) is 9.63 Å². The average molecular weight is 283 g/mol. The summed E-state index contributed by atoms with van der Waals surface area (Å²) in [5.74, 6) is 0.706. The number of rotatable bonds is 5. The number of fused-ring (bicyclic) bond motifs is 1. The minimum atomic E-state index is -0.155. The van der Waals surface area contributed by atoms with Crippen LogP contribution in [0.25, 0.3) is 0 Å². The lowest BCUT2D eigenvalue weighted by Gasteiger charge is -2.18. The molecule has 0 spiro atoms. The molecular weight excluding hydrogens is 268 g/mol. The van der Waals surface area contributed by atoms with Crippen LogP contribution < -0.4 is 10.1 Å². The van der Waals surface area contributed by atoms with Gasteiger partial charge in [-0.25, -0.2) is 0 Å². The van der Waals surface area contributed by atoms with Crippen LogP contribution in [0.15, 0.2) is 23.4 Å². The highest BCUT2D eigenvalue weighted by atomic mass is 35.5. The third-order valence-corrected chi connectivity index (χ3v) is 2.80. The topological polar surface area (TPSA) is 59.9 Å². The number of alkyl halides is 1. The molecule has 0 radical (unpaired) electrons. The van der Waals surface area contributed by atoms with E-state index in [9.17, 15) is 4.79 Å². The first kappa shape index (κ1) is 13.7. The number of nitrogens with one attached hydrogen (secondary N) is 1. The van der Waals surface area contributed by atoms with E-state index in [0.717, 1.165) is 12.0 Å².